The van der Waals surface area contributed by atoms with Crippen molar-refractivity contribution in [1.82, 2.24) is 30.3 Å². The summed E-state index contributed by atoms with van der Waals surface area (Å²) in [5.74, 6) is 0.889. The molecule has 1 aliphatic rings. The number of carbonyl (C=O) groups excluding carboxylic acids is 1. The van der Waals surface area contributed by atoms with Crippen molar-refractivity contribution < 1.29 is 4.79 Å². The zero-order valence-corrected chi connectivity index (χ0v) is 18.0. The summed E-state index contributed by atoms with van der Waals surface area (Å²) in [5.41, 5.74) is 6.07. The van der Waals surface area contributed by atoms with Crippen LogP contribution in [-0.4, -0.2) is 37.4 Å². The van der Waals surface area contributed by atoms with Gasteiger partial charge in [-0.3, -0.25) is 19.6 Å². The van der Waals surface area contributed by atoms with Gasteiger partial charge >= 0.3 is 0 Å². The lowest BCUT2D eigenvalue weighted by molar-refractivity contribution is 0.0937. The van der Waals surface area contributed by atoms with Crippen LogP contribution >= 0.6 is 0 Å². The average Bonchev–Trinajstić information content (AvgIpc) is 3.35. The van der Waals surface area contributed by atoms with Crippen LogP contribution in [0.15, 0.2) is 30.7 Å². The molecule has 0 radical (unpaired) electrons. The Morgan fingerprint density at radius 1 is 1.23 bits per heavy atom. The smallest absolute Gasteiger partial charge is 0.272 e. The van der Waals surface area contributed by atoms with E-state index in [1.807, 2.05) is 43.2 Å². The van der Waals surface area contributed by atoms with Crippen molar-refractivity contribution in [3.8, 4) is 11.1 Å². The van der Waals surface area contributed by atoms with Crippen molar-refractivity contribution in [2.45, 2.75) is 51.9 Å². The highest BCUT2D eigenvalue weighted by atomic mass is 16.1. The van der Waals surface area contributed by atoms with E-state index in [1.165, 1.54) is 16.8 Å². The van der Waals surface area contributed by atoms with Crippen molar-refractivity contribution in [2.75, 3.05) is 6.54 Å². The minimum absolute atomic E-state index is 0.0738. The van der Waals surface area contributed by atoms with Crippen LogP contribution in [0.4, 0.5) is 0 Å². The first kappa shape index (κ1) is 20.3. The molecule has 30 heavy (non-hydrogen) atoms. The zero-order chi connectivity index (χ0) is 21.1. The van der Waals surface area contributed by atoms with Crippen molar-refractivity contribution in [2.24, 2.45) is 13.0 Å². The van der Waals surface area contributed by atoms with Crippen LogP contribution in [0.2, 0.25) is 0 Å². The molecule has 0 unspecified atom stereocenters. The molecule has 4 rings (SSSR count). The number of pyridine rings is 1. The van der Waals surface area contributed by atoms with E-state index in [4.69, 9.17) is 5.10 Å². The van der Waals surface area contributed by atoms with Gasteiger partial charge in [0.2, 0.25) is 0 Å². The summed E-state index contributed by atoms with van der Waals surface area (Å²) < 4.78 is 1.91. The molecule has 0 atom stereocenters. The van der Waals surface area contributed by atoms with Gasteiger partial charge in [0.1, 0.15) is 0 Å². The molecule has 0 aromatic carbocycles. The van der Waals surface area contributed by atoms with Crippen molar-refractivity contribution >= 4 is 5.91 Å². The lowest BCUT2D eigenvalue weighted by Crippen LogP contribution is -2.31. The first-order valence-corrected chi connectivity index (χ1v) is 10.8. The molecule has 2 N–H and O–H groups in total. The Labute approximate surface area is 177 Å². The van der Waals surface area contributed by atoms with E-state index >= 15 is 0 Å². The molecule has 7 nitrogen and oxygen atoms in total. The van der Waals surface area contributed by atoms with Gasteiger partial charge in [-0.15, -0.1) is 0 Å². The topological polar surface area (TPSA) is 88.5 Å². The number of aryl methyl sites for hydroxylation is 2. The van der Waals surface area contributed by atoms with E-state index in [2.05, 4.69) is 33.6 Å². The SMILES string of the molecule is CCc1[nH]nc(C(=O)NCC2CCC(c3nn(C)cc3-c3ccncc3)CC2)c1C. The highest BCUT2D eigenvalue weighted by molar-refractivity contribution is 5.93. The fourth-order valence-corrected chi connectivity index (χ4v) is 4.52. The van der Waals surface area contributed by atoms with E-state index in [9.17, 15) is 4.79 Å². The average molecular weight is 407 g/mol. The number of H-pyrrole nitrogens is 1. The van der Waals surface area contributed by atoms with E-state index in [-0.39, 0.29) is 5.91 Å². The van der Waals surface area contributed by atoms with Crippen LogP contribution in [0.5, 0.6) is 0 Å². The summed E-state index contributed by atoms with van der Waals surface area (Å²) in [6.45, 7) is 4.72. The Balaban J connectivity index is 1.35. The molecule has 1 amide bonds. The number of rotatable bonds is 6. The third-order valence-electron chi connectivity index (χ3n) is 6.31. The number of hydrogen-bond acceptors (Lipinski definition) is 4. The van der Waals surface area contributed by atoms with Crippen molar-refractivity contribution in [1.29, 1.82) is 0 Å². The van der Waals surface area contributed by atoms with Gasteiger partial charge in [-0.2, -0.15) is 10.2 Å². The van der Waals surface area contributed by atoms with Crippen LogP contribution < -0.4 is 5.32 Å². The molecule has 0 bridgehead atoms. The quantitative estimate of drug-likeness (QED) is 0.652. The number of aromatic amines is 1. The standard InChI is InChI=1S/C23H30N6O/c1-4-20-15(2)21(27-26-20)23(30)25-13-16-5-7-18(8-6-16)22-19(14-29(3)28-22)17-9-11-24-12-10-17/h9-12,14,16,18H,4-8,13H2,1-3H3,(H,25,30)(H,26,27). The lowest BCUT2D eigenvalue weighted by atomic mass is 9.79. The van der Waals surface area contributed by atoms with Crippen LogP contribution in [0.25, 0.3) is 11.1 Å². The van der Waals surface area contributed by atoms with Gasteiger partial charge < -0.3 is 5.32 Å². The fraction of sp³-hybridized carbons (Fsp3) is 0.478. The minimum atomic E-state index is -0.0738. The van der Waals surface area contributed by atoms with Crippen LogP contribution in [0.3, 0.4) is 0 Å². The summed E-state index contributed by atoms with van der Waals surface area (Å²) in [4.78, 5) is 16.6. The summed E-state index contributed by atoms with van der Waals surface area (Å²) >= 11 is 0. The highest BCUT2D eigenvalue weighted by Crippen LogP contribution is 2.39. The molecule has 158 valence electrons. The van der Waals surface area contributed by atoms with Gasteiger partial charge in [-0.25, -0.2) is 0 Å². The molecule has 3 aromatic rings. The molecule has 1 fully saturated rings. The minimum Gasteiger partial charge on any atom is -0.350 e. The number of hydrogen-bond donors (Lipinski definition) is 2. The van der Waals surface area contributed by atoms with Gasteiger partial charge in [-0.05, 0) is 62.6 Å². The number of carbonyl (C=O) groups is 1. The summed E-state index contributed by atoms with van der Waals surface area (Å²) in [7, 11) is 1.98. The van der Waals surface area contributed by atoms with E-state index in [1.54, 1.807) is 0 Å². The molecule has 7 heteroatoms. The molecule has 1 aliphatic carbocycles. The normalized spacial score (nSPS) is 19.0. The van der Waals surface area contributed by atoms with Crippen LogP contribution in [0.1, 0.15) is 66.0 Å². The maximum atomic E-state index is 12.5. The maximum absolute atomic E-state index is 12.5. The number of aromatic nitrogens is 5. The largest absolute Gasteiger partial charge is 0.350 e. The second-order valence-electron chi connectivity index (χ2n) is 8.29. The third-order valence-corrected chi connectivity index (χ3v) is 6.31. The monoisotopic (exact) mass is 406 g/mol. The van der Waals surface area contributed by atoms with Crippen molar-refractivity contribution in [3.05, 3.63) is 53.4 Å². The highest BCUT2D eigenvalue weighted by Gasteiger charge is 2.27. The zero-order valence-electron chi connectivity index (χ0n) is 18.0. The Morgan fingerprint density at radius 2 is 1.97 bits per heavy atom. The summed E-state index contributed by atoms with van der Waals surface area (Å²) in [6, 6.07) is 4.09. The van der Waals surface area contributed by atoms with Gasteiger partial charge in [-0.1, -0.05) is 6.92 Å². The van der Waals surface area contributed by atoms with Gasteiger partial charge in [0.05, 0.1) is 5.69 Å². The Hall–Kier alpha value is -2.96. The molecule has 3 aromatic heterocycles. The molecular weight excluding hydrogens is 376 g/mol. The van der Waals surface area contributed by atoms with Gasteiger partial charge in [0.15, 0.2) is 5.69 Å². The number of nitrogens with one attached hydrogen (secondary N) is 2. The Bertz CT molecular complexity index is 998. The molecule has 0 aliphatic heterocycles. The van der Waals surface area contributed by atoms with Crippen LogP contribution in [-0.2, 0) is 13.5 Å². The number of amides is 1. The number of nitrogens with zero attached hydrogens (tertiary/aromatic N) is 4. The summed E-state index contributed by atoms with van der Waals surface area (Å²) in [5, 5.41) is 15.0. The Kier molecular flexibility index (Phi) is 5.97. The summed E-state index contributed by atoms with van der Waals surface area (Å²) in [6.07, 6.45) is 11.0. The lowest BCUT2D eigenvalue weighted by Gasteiger charge is -2.28. The molecule has 0 saturated heterocycles. The molecule has 0 spiro atoms. The third kappa shape index (κ3) is 4.15. The molecular formula is C23H30N6O. The van der Waals surface area contributed by atoms with E-state index < -0.39 is 0 Å². The van der Waals surface area contributed by atoms with Gasteiger partial charge in [0, 0.05) is 54.9 Å². The van der Waals surface area contributed by atoms with E-state index in [0.29, 0.717) is 24.1 Å². The fourth-order valence-electron chi connectivity index (χ4n) is 4.52. The maximum Gasteiger partial charge on any atom is 0.272 e. The van der Waals surface area contributed by atoms with Crippen molar-refractivity contribution in [3.63, 3.8) is 0 Å². The van der Waals surface area contributed by atoms with Crippen LogP contribution in [0, 0.1) is 12.8 Å². The van der Waals surface area contributed by atoms with E-state index in [0.717, 1.165) is 43.4 Å². The first-order chi connectivity index (χ1) is 14.6. The predicted octanol–water partition coefficient (Wildman–Crippen LogP) is 3.78. The van der Waals surface area contributed by atoms with Gasteiger partial charge in [0.25, 0.3) is 5.91 Å². The first-order valence-electron chi connectivity index (χ1n) is 10.8. The molecule has 1 saturated carbocycles. The Morgan fingerprint density at radius 3 is 2.63 bits per heavy atom. The second-order valence-corrected chi connectivity index (χ2v) is 8.29. The predicted molar refractivity (Wildman–Crippen MR) is 116 cm³/mol. The second kappa shape index (κ2) is 8.81. The molecule has 3 heterocycles.